The van der Waals surface area contributed by atoms with Crippen LogP contribution in [0, 0.1) is 11.3 Å². The molecule has 3 heterocycles. The second-order valence-corrected chi connectivity index (χ2v) is 11.4. The molecule has 1 aromatic carbocycles. The normalized spacial score (nSPS) is 42.1. The van der Waals surface area contributed by atoms with Crippen LogP contribution in [-0.4, -0.2) is 29.3 Å². The highest BCUT2D eigenvalue weighted by molar-refractivity contribution is 5.82. The number of pyridine rings is 1. The van der Waals surface area contributed by atoms with Crippen LogP contribution in [0.1, 0.15) is 69.8 Å². The third kappa shape index (κ3) is 2.42. The number of hydrogen-bond donors (Lipinski definition) is 1. The molecule has 2 aliphatic heterocycles. The van der Waals surface area contributed by atoms with Gasteiger partial charge < -0.3 is 10.1 Å². The van der Waals surface area contributed by atoms with Crippen molar-refractivity contribution in [3.05, 3.63) is 65.5 Å². The van der Waals surface area contributed by atoms with E-state index >= 15 is 0 Å². The number of ether oxygens (including phenoxy) is 1. The number of aromatic nitrogens is 1. The lowest BCUT2D eigenvalue weighted by atomic mass is 9.58. The zero-order valence-electron chi connectivity index (χ0n) is 19.4. The summed E-state index contributed by atoms with van der Waals surface area (Å²) in [5, 5.41) is 6.11. The van der Waals surface area contributed by atoms with Crippen LogP contribution in [0.4, 0.5) is 0 Å². The number of fused-ring (bicyclic) bond motifs is 2. The Morgan fingerprint density at radius 3 is 2.94 bits per heavy atom. The molecule has 5 aliphatic rings. The smallest absolute Gasteiger partial charge is 0.0974 e. The summed E-state index contributed by atoms with van der Waals surface area (Å²) < 4.78 is 7.36. The Balaban J connectivity index is 1.29. The van der Waals surface area contributed by atoms with E-state index < -0.39 is 0 Å². The van der Waals surface area contributed by atoms with Gasteiger partial charge in [0.05, 0.1) is 11.2 Å². The fourth-order valence-corrected chi connectivity index (χ4v) is 8.52. The molecule has 1 N–H and O–H groups in total. The summed E-state index contributed by atoms with van der Waals surface area (Å²) >= 11 is 0. The highest BCUT2D eigenvalue weighted by Gasteiger charge is 2.66. The molecule has 166 valence electrons. The van der Waals surface area contributed by atoms with Crippen molar-refractivity contribution in [2.24, 2.45) is 11.3 Å². The van der Waals surface area contributed by atoms with Crippen molar-refractivity contribution in [3.63, 3.8) is 0 Å². The summed E-state index contributed by atoms with van der Waals surface area (Å²) in [6.07, 6.45) is 18.8. The highest BCUT2D eigenvalue weighted by atomic mass is 16.5. The molecule has 2 aromatic rings. The molecule has 32 heavy (non-hydrogen) atoms. The Bertz CT molecular complexity index is 1170. The number of nitrogens with one attached hydrogen (secondary N) is 1. The van der Waals surface area contributed by atoms with Gasteiger partial charge in [-0.1, -0.05) is 31.2 Å². The van der Waals surface area contributed by atoms with E-state index in [1.807, 2.05) is 12.4 Å². The topological polar surface area (TPSA) is 34.2 Å². The van der Waals surface area contributed by atoms with Crippen LogP contribution in [0.3, 0.4) is 0 Å². The lowest BCUT2D eigenvalue weighted by molar-refractivity contribution is -0.136. The zero-order chi connectivity index (χ0) is 21.6. The third-order valence-corrected chi connectivity index (χ3v) is 10.2. The van der Waals surface area contributed by atoms with E-state index in [0.29, 0.717) is 17.9 Å². The Labute approximate surface area is 191 Å². The maximum atomic E-state index is 7.36. The summed E-state index contributed by atoms with van der Waals surface area (Å²) in [6, 6.07) is 9.79. The molecule has 2 saturated carbocycles. The monoisotopic (exact) mass is 426 g/mol. The average molecular weight is 427 g/mol. The van der Waals surface area contributed by atoms with Gasteiger partial charge in [0.15, 0.2) is 0 Å². The van der Waals surface area contributed by atoms with Gasteiger partial charge in [0.25, 0.3) is 0 Å². The van der Waals surface area contributed by atoms with Crippen LogP contribution in [-0.2, 0) is 4.74 Å². The molecule has 1 unspecified atom stereocenters. The first-order chi connectivity index (χ1) is 15.6. The van der Waals surface area contributed by atoms with Crippen molar-refractivity contribution >= 4 is 10.8 Å². The molecule has 1 saturated heterocycles. The number of rotatable bonds is 2. The second kappa shape index (κ2) is 6.55. The Hall–Kier alpha value is -1.97. The van der Waals surface area contributed by atoms with Crippen LogP contribution in [0.15, 0.2) is 60.0 Å². The first-order valence-electron chi connectivity index (χ1n) is 12.7. The van der Waals surface area contributed by atoms with E-state index in [2.05, 4.69) is 60.7 Å². The predicted molar refractivity (Wildman–Crippen MR) is 129 cm³/mol. The summed E-state index contributed by atoms with van der Waals surface area (Å²) in [5.41, 5.74) is 4.80. The first kappa shape index (κ1) is 19.5. The fourth-order valence-electron chi connectivity index (χ4n) is 8.52. The molecule has 3 fully saturated rings. The molecular weight excluding hydrogens is 392 g/mol. The number of allylic oxidation sites excluding steroid dienone is 1. The summed E-state index contributed by atoms with van der Waals surface area (Å²) in [5.74, 6) is 1.20. The molecule has 0 radical (unpaired) electrons. The van der Waals surface area contributed by atoms with Crippen molar-refractivity contribution in [3.8, 4) is 0 Å². The fraction of sp³-hybridized carbons (Fsp3) is 0.552. The summed E-state index contributed by atoms with van der Waals surface area (Å²) in [6.45, 7) is 2.57. The number of hydrogen-bond acceptors (Lipinski definition) is 3. The minimum atomic E-state index is -0.0563. The van der Waals surface area contributed by atoms with Gasteiger partial charge in [-0.25, -0.2) is 0 Å². The SMILES string of the molecule is CNC1CCC2=CC3=CC[C@]4(C)[C@@H](c5ccc6ccncc6c5)CC[C@H]4[C@@]34CC[C@]2(C1)O4. The average Bonchev–Trinajstić information content (AvgIpc) is 3.33. The van der Waals surface area contributed by atoms with Crippen molar-refractivity contribution < 1.29 is 4.74 Å². The van der Waals surface area contributed by atoms with E-state index in [-0.39, 0.29) is 16.6 Å². The van der Waals surface area contributed by atoms with Crippen LogP contribution in [0.2, 0.25) is 0 Å². The van der Waals surface area contributed by atoms with Crippen LogP contribution in [0.25, 0.3) is 10.8 Å². The molecule has 7 rings (SSSR count). The molecule has 6 atom stereocenters. The van der Waals surface area contributed by atoms with Gasteiger partial charge in [0.1, 0.15) is 0 Å². The number of benzene rings is 1. The lowest BCUT2D eigenvalue weighted by Crippen LogP contribution is -2.54. The zero-order valence-corrected chi connectivity index (χ0v) is 19.4. The van der Waals surface area contributed by atoms with Gasteiger partial charge in [-0.2, -0.15) is 0 Å². The van der Waals surface area contributed by atoms with E-state index in [1.54, 1.807) is 5.57 Å². The molecule has 3 heteroatoms. The summed E-state index contributed by atoms with van der Waals surface area (Å²) in [7, 11) is 2.12. The minimum Gasteiger partial charge on any atom is -0.359 e. The standard InChI is InChI=1S/C29H34N2O/c1-27-11-9-23-16-22-5-6-24(30-2)17-28(22)12-13-29(23,32-28)26(27)8-7-25(27)20-4-3-19-10-14-31-18-21(19)15-20/h3-4,9-10,14-16,18,24-26,30H,5-8,11-13,17H2,1-2H3/t24?,25-,26-,27-,28-,29-/m1/s1. The third-order valence-electron chi connectivity index (χ3n) is 10.2. The van der Waals surface area contributed by atoms with Gasteiger partial charge in [0, 0.05) is 23.8 Å². The van der Waals surface area contributed by atoms with Gasteiger partial charge in [-0.3, -0.25) is 4.98 Å². The van der Waals surface area contributed by atoms with Crippen molar-refractivity contribution in [1.82, 2.24) is 10.3 Å². The first-order valence-corrected chi connectivity index (χ1v) is 12.7. The molecule has 2 spiro atoms. The van der Waals surface area contributed by atoms with E-state index in [4.69, 9.17) is 4.74 Å². The largest absolute Gasteiger partial charge is 0.359 e. The Morgan fingerprint density at radius 1 is 1.09 bits per heavy atom. The Morgan fingerprint density at radius 2 is 2.03 bits per heavy atom. The van der Waals surface area contributed by atoms with Crippen molar-refractivity contribution in [1.29, 1.82) is 0 Å². The van der Waals surface area contributed by atoms with Crippen LogP contribution < -0.4 is 5.32 Å². The second-order valence-electron chi connectivity index (χ2n) is 11.4. The Kier molecular flexibility index (Phi) is 3.99. The van der Waals surface area contributed by atoms with Crippen LogP contribution in [0.5, 0.6) is 0 Å². The van der Waals surface area contributed by atoms with Gasteiger partial charge in [-0.05, 0) is 110 Å². The number of nitrogens with zero attached hydrogens (tertiary/aromatic N) is 1. The summed E-state index contributed by atoms with van der Waals surface area (Å²) in [4.78, 5) is 4.37. The predicted octanol–water partition coefficient (Wildman–Crippen LogP) is 6.06. The molecule has 0 amide bonds. The molecule has 2 bridgehead atoms. The highest BCUT2D eigenvalue weighted by Crippen LogP contribution is 2.69. The van der Waals surface area contributed by atoms with E-state index in [9.17, 15) is 0 Å². The van der Waals surface area contributed by atoms with Gasteiger partial charge in [-0.15, -0.1) is 0 Å². The molecular formula is C29H34N2O. The maximum Gasteiger partial charge on any atom is 0.0974 e. The quantitative estimate of drug-likeness (QED) is 0.633. The molecule has 3 nitrogen and oxygen atoms in total. The van der Waals surface area contributed by atoms with Crippen molar-refractivity contribution in [2.75, 3.05) is 7.05 Å². The van der Waals surface area contributed by atoms with E-state index in [0.717, 1.165) is 6.42 Å². The molecule has 1 aromatic heterocycles. The van der Waals surface area contributed by atoms with Crippen LogP contribution >= 0.6 is 0 Å². The lowest BCUT2D eigenvalue weighted by Gasteiger charge is -2.54. The van der Waals surface area contributed by atoms with E-state index in [1.165, 1.54) is 66.9 Å². The minimum absolute atomic E-state index is 0.00573. The van der Waals surface area contributed by atoms with Gasteiger partial charge in [0.2, 0.25) is 0 Å². The molecule has 3 aliphatic carbocycles. The van der Waals surface area contributed by atoms with Crippen molar-refractivity contribution in [2.45, 2.75) is 81.5 Å². The van der Waals surface area contributed by atoms with Gasteiger partial charge >= 0.3 is 0 Å². The maximum absolute atomic E-state index is 7.36.